The van der Waals surface area contributed by atoms with Crippen LogP contribution in [0.15, 0.2) is 30.3 Å². The summed E-state index contributed by atoms with van der Waals surface area (Å²) in [7, 11) is 0. The molecule has 1 aromatic carbocycles. The summed E-state index contributed by atoms with van der Waals surface area (Å²) in [5.41, 5.74) is 1.10. The van der Waals surface area contributed by atoms with E-state index in [0.29, 0.717) is 18.6 Å². The number of benzene rings is 1. The van der Waals surface area contributed by atoms with E-state index in [0.717, 1.165) is 12.0 Å². The van der Waals surface area contributed by atoms with Crippen molar-refractivity contribution in [3.63, 3.8) is 0 Å². The highest BCUT2D eigenvalue weighted by Crippen LogP contribution is 2.29. The first-order valence-corrected chi connectivity index (χ1v) is 8.66. The molecule has 1 N–H and O–H groups in total. The molecule has 1 saturated carbocycles. The van der Waals surface area contributed by atoms with Gasteiger partial charge in [-0.15, -0.1) is 0 Å². The van der Waals surface area contributed by atoms with Gasteiger partial charge in [0.2, 0.25) is 5.91 Å². The van der Waals surface area contributed by atoms with Gasteiger partial charge in [0.05, 0.1) is 6.61 Å². The molecule has 3 unspecified atom stereocenters. The maximum Gasteiger partial charge on any atom is 0.249 e. The van der Waals surface area contributed by atoms with Crippen LogP contribution in [0.2, 0.25) is 0 Å². The lowest BCUT2D eigenvalue weighted by molar-refractivity contribution is -0.133. The number of carbonyl (C=O) groups is 1. The number of hydrogen-bond donors (Lipinski definition) is 1. The predicted octanol–water partition coefficient (Wildman–Crippen LogP) is 4.07. The zero-order valence-corrected chi connectivity index (χ0v) is 13.9. The topological polar surface area (TPSA) is 38.3 Å². The van der Waals surface area contributed by atoms with Crippen molar-refractivity contribution in [3.05, 3.63) is 35.9 Å². The number of carbonyl (C=O) groups excluding carboxylic acids is 1. The minimum atomic E-state index is -0.396. The molecule has 1 aromatic rings. The van der Waals surface area contributed by atoms with E-state index < -0.39 is 6.10 Å². The van der Waals surface area contributed by atoms with Crippen molar-refractivity contribution < 1.29 is 9.53 Å². The minimum Gasteiger partial charge on any atom is -0.364 e. The molecule has 1 amide bonds. The number of ether oxygens (including phenoxy) is 1. The molecule has 0 aromatic heterocycles. The van der Waals surface area contributed by atoms with Crippen molar-refractivity contribution >= 4 is 5.91 Å². The Morgan fingerprint density at radius 1 is 1.32 bits per heavy atom. The first kappa shape index (κ1) is 17.0. The largest absolute Gasteiger partial charge is 0.364 e. The lowest BCUT2D eigenvalue weighted by Crippen LogP contribution is -2.43. The van der Waals surface area contributed by atoms with Crippen LogP contribution in [0.5, 0.6) is 0 Å². The van der Waals surface area contributed by atoms with E-state index >= 15 is 0 Å². The molecule has 3 atom stereocenters. The highest BCUT2D eigenvalue weighted by Gasteiger charge is 2.29. The van der Waals surface area contributed by atoms with Gasteiger partial charge in [0.25, 0.3) is 0 Å². The molecule has 0 radical (unpaired) electrons. The summed E-state index contributed by atoms with van der Waals surface area (Å²) < 4.78 is 5.70. The Hall–Kier alpha value is -1.35. The van der Waals surface area contributed by atoms with Crippen LogP contribution >= 0.6 is 0 Å². The van der Waals surface area contributed by atoms with Crippen molar-refractivity contribution in [1.29, 1.82) is 0 Å². The van der Waals surface area contributed by atoms with Crippen molar-refractivity contribution in [3.8, 4) is 0 Å². The van der Waals surface area contributed by atoms with E-state index in [-0.39, 0.29) is 5.91 Å². The molecule has 0 saturated heterocycles. The molecule has 2 rings (SSSR count). The molecule has 22 heavy (non-hydrogen) atoms. The van der Waals surface area contributed by atoms with Crippen LogP contribution in [0, 0.1) is 5.92 Å². The zero-order chi connectivity index (χ0) is 15.8. The predicted molar refractivity (Wildman–Crippen MR) is 89.5 cm³/mol. The molecule has 122 valence electrons. The van der Waals surface area contributed by atoms with Gasteiger partial charge in [-0.2, -0.15) is 0 Å². The Labute approximate surface area is 134 Å². The first-order chi connectivity index (χ1) is 10.7. The van der Waals surface area contributed by atoms with E-state index in [9.17, 15) is 4.79 Å². The van der Waals surface area contributed by atoms with E-state index in [1.807, 2.05) is 37.3 Å². The molecule has 1 aliphatic carbocycles. The normalized spacial score (nSPS) is 22.5. The smallest absolute Gasteiger partial charge is 0.249 e. The highest BCUT2D eigenvalue weighted by molar-refractivity contribution is 5.80. The van der Waals surface area contributed by atoms with Gasteiger partial charge in [-0.25, -0.2) is 0 Å². The Balaban J connectivity index is 1.75. The summed E-state index contributed by atoms with van der Waals surface area (Å²) in [6, 6.07) is 10.3. The molecule has 0 spiro atoms. The number of nitrogens with one attached hydrogen (secondary N) is 1. The van der Waals surface area contributed by atoms with E-state index in [4.69, 9.17) is 4.74 Å². The number of amides is 1. The monoisotopic (exact) mass is 303 g/mol. The Bertz CT molecular complexity index is 446. The van der Waals surface area contributed by atoms with Gasteiger partial charge in [-0.1, -0.05) is 56.5 Å². The summed E-state index contributed by atoms with van der Waals surface area (Å²) in [5.74, 6) is 0.689. The number of rotatable bonds is 8. The maximum absolute atomic E-state index is 12.3. The molecule has 0 heterocycles. The lowest BCUT2D eigenvalue weighted by atomic mass is 9.96. The fourth-order valence-corrected chi connectivity index (χ4v) is 3.21. The van der Waals surface area contributed by atoms with Gasteiger partial charge >= 0.3 is 0 Å². The molecule has 0 aliphatic heterocycles. The van der Waals surface area contributed by atoms with E-state index in [1.54, 1.807) is 0 Å². The van der Waals surface area contributed by atoms with Crippen molar-refractivity contribution in [2.24, 2.45) is 5.92 Å². The lowest BCUT2D eigenvalue weighted by Gasteiger charge is -2.23. The second kappa shape index (κ2) is 8.94. The van der Waals surface area contributed by atoms with Crippen LogP contribution < -0.4 is 5.32 Å². The SMILES string of the molecule is CCCCC1CCCC1NC(=O)C(C)OCc1ccccc1. The van der Waals surface area contributed by atoms with Gasteiger partial charge in [0, 0.05) is 6.04 Å². The van der Waals surface area contributed by atoms with Crippen molar-refractivity contribution in [1.82, 2.24) is 5.32 Å². The average molecular weight is 303 g/mol. The second-order valence-corrected chi connectivity index (χ2v) is 6.39. The Kier molecular flexibility index (Phi) is 6.91. The van der Waals surface area contributed by atoms with Crippen LogP contribution in [0.25, 0.3) is 0 Å². The quantitative estimate of drug-likeness (QED) is 0.786. The molecule has 0 bridgehead atoms. The first-order valence-electron chi connectivity index (χ1n) is 8.66. The summed E-state index contributed by atoms with van der Waals surface area (Å²) in [4.78, 5) is 12.3. The van der Waals surface area contributed by atoms with Gasteiger partial charge < -0.3 is 10.1 Å². The zero-order valence-electron chi connectivity index (χ0n) is 13.9. The summed E-state index contributed by atoms with van der Waals surface area (Å²) in [6.45, 7) is 4.55. The maximum atomic E-state index is 12.3. The molecule has 1 aliphatic rings. The van der Waals surface area contributed by atoms with Crippen LogP contribution in [-0.2, 0) is 16.1 Å². The fraction of sp³-hybridized carbons (Fsp3) is 0.632. The Morgan fingerprint density at radius 3 is 2.82 bits per heavy atom. The third-order valence-electron chi connectivity index (χ3n) is 4.63. The van der Waals surface area contributed by atoms with Crippen LogP contribution in [0.3, 0.4) is 0 Å². The number of hydrogen-bond acceptors (Lipinski definition) is 2. The molecular formula is C19H29NO2. The third-order valence-corrected chi connectivity index (χ3v) is 4.63. The third kappa shape index (κ3) is 5.13. The van der Waals surface area contributed by atoms with E-state index in [1.165, 1.54) is 32.1 Å². The molecule has 3 nitrogen and oxygen atoms in total. The van der Waals surface area contributed by atoms with Gasteiger partial charge in [0.1, 0.15) is 6.10 Å². The summed E-state index contributed by atoms with van der Waals surface area (Å²) >= 11 is 0. The van der Waals surface area contributed by atoms with Crippen LogP contribution in [-0.4, -0.2) is 18.1 Å². The second-order valence-electron chi connectivity index (χ2n) is 6.39. The number of unbranched alkanes of at least 4 members (excludes halogenated alkanes) is 1. The van der Waals surface area contributed by atoms with Crippen LogP contribution in [0.1, 0.15) is 57.9 Å². The average Bonchev–Trinajstić information content (AvgIpc) is 2.98. The van der Waals surface area contributed by atoms with Crippen molar-refractivity contribution in [2.45, 2.75) is 71.1 Å². The molecule has 3 heteroatoms. The van der Waals surface area contributed by atoms with E-state index in [2.05, 4.69) is 12.2 Å². The van der Waals surface area contributed by atoms with Gasteiger partial charge in [-0.3, -0.25) is 4.79 Å². The van der Waals surface area contributed by atoms with Crippen molar-refractivity contribution in [2.75, 3.05) is 0 Å². The fourth-order valence-electron chi connectivity index (χ4n) is 3.21. The summed E-state index contributed by atoms with van der Waals surface area (Å²) in [5, 5.41) is 3.21. The molecule has 1 fully saturated rings. The highest BCUT2D eigenvalue weighted by atomic mass is 16.5. The van der Waals surface area contributed by atoms with Gasteiger partial charge in [-0.05, 0) is 37.7 Å². The summed E-state index contributed by atoms with van der Waals surface area (Å²) in [6.07, 6.45) is 6.94. The minimum absolute atomic E-state index is 0.0318. The van der Waals surface area contributed by atoms with Gasteiger partial charge in [0.15, 0.2) is 0 Å². The molecular weight excluding hydrogens is 274 g/mol. The Morgan fingerprint density at radius 2 is 2.09 bits per heavy atom. The standard InChI is InChI=1S/C19H29NO2/c1-3-4-11-17-12-8-13-18(17)20-19(21)15(2)22-14-16-9-6-5-7-10-16/h5-7,9-10,15,17-18H,3-4,8,11-14H2,1-2H3,(H,20,21). The van der Waals surface area contributed by atoms with Crippen LogP contribution in [0.4, 0.5) is 0 Å².